The summed E-state index contributed by atoms with van der Waals surface area (Å²) in [6, 6.07) is 2.11. The van der Waals surface area contributed by atoms with Crippen LogP contribution in [0.2, 0.25) is 0 Å². The number of rotatable bonds is 2. The van der Waals surface area contributed by atoms with E-state index in [0.29, 0.717) is 5.65 Å². The van der Waals surface area contributed by atoms with Crippen LogP contribution in [0.4, 0.5) is 0 Å². The maximum absolute atomic E-state index is 5.74. The highest BCUT2D eigenvalue weighted by Gasteiger charge is 2.19. The van der Waals surface area contributed by atoms with E-state index in [4.69, 9.17) is 4.74 Å². The molecule has 1 unspecified atom stereocenters. The van der Waals surface area contributed by atoms with E-state index < -0.39 is 0 Å². The third-order valence-electron chi connectivity index (χ3n) is 3.22. The second-order valence-corrected chi connectivity index (χ2v) is 4.40. The molecule has 1 aliphatic heterocycles. The largest absolute Gasteiger partial charge is 0.356 e. The topological polar surface area (TPSA) is 52.8 Å². The molecule has 3 rings (SSSR count). The molecule has 0 saturated carbocycles. The standard InChI is InChI=1S/C12H16N4O/c1-2-9-7-10-12(13-8-9)14-15-16(10)11-5-3-4-6-17-11/h7-8,11H,2-6H2,1H3. The van der Waals surface area contributed by atoms with Crippen molar-refractivity contribution in [3.63, 3.8) is 0 Å². The molecule has 0 N–H and O–H groups in total. The van der Waals surface area contributed by atoms with Crippen molar-refractivity contribution in [2.75, 3.05) is 6.61 Å². The zero-order valence-corrected chi connectivity index (χ0v) is 9.96. The smallest absolute Gasteiger partial charge is 0.201 e. The number of nitrogens with zero attached hydrogens (tertiary/aromatic N) is 4. The highest BCUT2D eigenvalue weighted by Crippen LogP contribution is 2.24. The second kappa shape index (κ2) is 4.41. The lowest BCUT2D eigenvalue weighted by molar-refractivity contribution is -0.0377. The highest BCUT2D eigenvalue weighted by atomic mass is 16.5. The molecule has 1 atom stereocenters. The van der Waals surface area contributed by atoms with Crippen molar-refractivity contribution in [1.29, 1.82) is 0 Å². The second-order valence-electron chi connectivity index (χ2n) is 4.40. The first-order valence-electron chi connectivity index (χ1n) is 6.20. The summed E-state index contributed by atoms with van der Waals surface area (Å²) in [6.07, 6.45) is 6.20. The number of pyridine rings is 1. The average molecular weight is 232 g/mol. The van der Waals surface area contributed by atoms with Gasteiger partial charge >= 0.3 is 0 Å². The van der Waals surface area contributed by atoms with Crippen LogP contribution in [0, 0.1) is 0 Å². The Morgan fingerprint density at radius 1 is 1.47 bits per heavy atom. The summed E-state index contributed by atoms with van der Waals surface area (Å²) in [6.45, 7) is 2.93. The van der Waals surface area contributed by atoms with Gasteiger partial charge in [0.2, 0.25) is 5.65 Å². The normalized spacial score (nSPS) is 20.9. The van der Waals surface area contributed by atoms with Crippen LogP contribution >= 0.6 is 0 Å². The van der Waals surface area contributed by atoms with Gasteiger partial charge in [0, 0.05) is 12.8 Å². The molecule has 0 aliphatic carbocycles. The van der Waals surface area contributed by atoms with E-state index in [1.165, 1.54) is 12.0 Å². The Morgan fingerprint density at radius 2 is 2.41 bits per heavy atom. The molecule has 1 saturated heterocycles. The number of ether oxygens (including phenoxy) is 1. The maximum atomic E-state index is 5.74. The molecule has 0 bridgehead atoms. The lowest BCUT2D eigenvalue weighted by Crippen LogP contribution is -2.19. The van der Waals surface area contributed by atoms with Crippen molar-refractivity contribution in [2.24, 2.45) is 0 Å². The van der Waals surface area contributed by atoms with Crippen LogP contribution in [0.25, 0.3) is 11.2 Å². The zero-order valence-electron chi connectivity index (χ0n) is 9.96. The molecule has 3 heterocycles. The molecule has 0 aromatic carbocycles. The van der Waals surface area contributed by atoms with Crippen molar-refractivity contribution in [3.8, 4) is 0 Å². The van der Waals surface area contributed by atoms with E-state index in [2.05, 4.69) is 28.3 Å². The van der Waals surface area contributed by atoms with E-state index in [0.717, 1.165) is 31.4 Å². The summed E-state index contributed by atoms with van der Waals surface area (Å²) in [5.74, 6) is 0. The van der Waals surface area contributed by atoms with E-state index in [1.807, 2.05) is 10.9 Å². The van der Waals surface area contributed by atoms with E-state index in [-0.39, 0.29) is 6.23 Å². The summed E-state index contributed by atoms with van der Waals surface area (Å²) in [5, 5.41) is 8.26. The first kappa shape index (κ1) is 10.7. The van der Waals surface area contributed by atoms with Crippen molar-refractivity contribution in [1.82, 2.24) is 20.0 Å². The lowest BCUT2D eigenvalue weighted by Gasteiger charge is -2.22. The number of hydrogen-bond acceptors (Lipinski definition) is 4. The van der Waals surface area contributed by atoms with Crippen LogP contribution in [0.1, 0.15) is 38.0 Å². The van der Waals surface area contributed by atoms with Crippen molar-refractivity contribution < 1.29 is 4.74 Å². The first-order valence-corrected chi connectivity index (χ1v) is 6.20. The van der Waals surface area contributed by atoms with Crippen LogP contribution in [0.5, 0.6) is 0 Å². The number of fused-ring (bicyclic) bond motifs is 1. The average Bonchev–Trinajstić information content (AvgIpc) is 2.82. The molecule has 0 radical (unpaired) electrons. The molecular weight excluding hydrogens is 216 g/mol. The quantitative estimate of drug-likeness (QED) is 0.795. The van der Waals surface area contributed by atoms with Gasteiger partial charge in [-0.15, -0.1) is 5.10 Å². The van der Waals surface area contributed by atoms with Crippen molar-refractivity contribution in [2.45, 2.75) is 38.8 Å². The summed E-state index contributed by atoms with van der Waals surface area (Å²) in [7, 11) is 0. The fourth-order valence-corrected chi connectivity index (χ4v) is 2.19. The van der Waals surface area contributed by atoms with Crippen LogP contribution in [-0.2, 0) is 11.2 Å². The minimum absolute atomic E-state index is 0.0302. The molecule has 0 amide bonds. The van der Waals surface area contributed by atoms with Gasteiger partial charge in [0.15, 0.2) is 6.23 Å². The molecule has 1 fully saturated rings. The van der Waals surface area contributed by atoms with Gasteiger partial charge in [0.1, 0.15) is 5.52 Å². The predicted molar refractivity (Wildman–Crippen MR) is 63.5 cm³/mol. The molecular formula is C12H16N4O. The number of hydrogen-bond donors (Lipinski definition) is 0. The Labute approximate surface area is 99.8 Å². The van der Waals surface area contributed by atoms with E-state index >= 15 is 0 Å². The fraction of sp³-hybridized carbons (Fsp3) is 0.583. The molecule has 1 aliphatic rings. The van der Waals surface area contributed by atoms with Crippen LogP contribution in [0.3, 0.4) is 0 Å². The first-order chi connectivity index (χ1) is 8.38. The Morgan fingerprint density at radius 3 is 3.18 bits per heavy atom. The third kappa shape index (κ3) is 1.91. The van der Waals surface area contributed by atoms with E-state index in [9.17, 15) is 0 Å². The zero-order chi connectivity index (χ0) is 11.7. The SMILES string of the molecule is CCc1cnc2nnn(C3CCCCO3)c2c1. The third-order valence-corrected chi connectivity index (χ3v) is 3.22. The molecule has 5 heteroatoms. The van der Waals surface area contributed by atoms with Gasteiger partial charge in [-0.05, 0) is 37.3 Å². The molecule has 90 valence electrons. The van der Waals surface area contributed by atoms with Crippen LogP contribution in [0.15, 0.2) is 12.3 Å². The fourth-order valence-electron chi connectivity index (χ4n) is 2.19. The van der Waals surface area contributed by atoms with Crippen molar-refractivity contribution >= 4 is 11.2 Å². The van der Waals surface area contributed by atoms with Gasteiger partial charge in [-0.3, -0.25) is 0 Å². The lowest BCUT2D eigenvalue weighted by atomic mass is 10.2. The summed E-state index contributed by atoms with van der Waals surface area (Å²) in [5.41, 5.74) is 2.89. The number of aromatic nitrogens is 4. The predicted octanol–water partition coefficient (Wildman–Crippen LogP) is 2.09. The molecule has 2 aromatic rings. The summed E-state index contributed by atoms with van der Waals surface area (Å²) < 4.78 is 7.61. The minimum Gasteiger partial charge on any atom is -0.356 e. The van der Waals surface area contributed by atoms with Gasteiger partial charge in [0.25, 0.3) is 0 Å². The Kier molecular flexibility index (Phi) is 2.76. The van der Waals surface area contributed by atoms with Crippen LogP contribution < -0.4 is 0 Å². The number of aryl methyl sites for hydroxylation is 1. The Hall–Kier alpha value is -1.49. The molecule has 0 spiro atoms. The summed E-state index contributed by atoms with van der Waals surface area (Å²) in [4.78, 5) is 4.32. The Bertz CT molecular complexity index is 516. The van der Waals surface area contributed by atoms with Gasteiger partial charge in [0.05, 0.1) is 0 Å². The van der Waals surface area contributed by atoms with E-state index in [1.54, 1.807) is 0 Å². The van der Waals surface area contributed by atoms with Crippen molar-refractivity contribution in [3.05, 3.63) is 17.8 Å². The molecule has 5 nitrogen and oxygen atoms in total. The van der Waals surface area contributed by atoms with Gasteiger partial charge in [-0.2, -0.15) is 0 Å². The highest BCUT2D eigenvalue weighted by molar-refractivity contribution is 5.70. The molecule has 17 heavy (non-hydrogen) atoms. The molecule has 2 aromatic heterocycles. The van der Waals surface area contributed by atoms with Gasteiger partial charge in [-0.1, -0.05) is 12.1 Å². The maximum Gasteiger partial charge on any atom is 0.201 e. The monoisotopic (exact) mass is 232 g/mol. The Balaban J connectivity index is 2.02. The van der Waals surface area contributed by atoms with Gasteiger partial charge in [-0.25, -0.2) is 9.67 Å². The minimum atomic E-state index is 0.0302. The van der Waals surface area contributed by atoms with Gasteiger partial charge < -0.3 is 4.74 Å². The summed E-state index contributed by atoms with van der Waals surface area (Å²) >= 11 is 0. The van der Waals surface area contributed by atoms with Crippen LogP contribution in [-0.4, -0.2) is 26.6 Å².